The molecular formula is C19H31NO2. The number of rotatable bonds is 10. The molecule has 0 spiro atoms. The molecule has 124 valence electrons. The third kappa shape index (κ3) is 5.80. The van der Waals surface area contributed by atoms with Gasteiger partial charge in [-0.2, -0.15) is 0 Å². The lowest BCUT2D eigenvalue weighted by atomic mass is 9.95. The van der Waals surface area contributed by atoms with E-state index in [0.717, 1.165) is 31.4 Å². The molecule has 0 aliphatic carbocycles. The van der Waals surface area contributed by atoms with E-state index in [1.54, 1.807) is 0 Å². The number of hydrogen-bond acceptors (Lipinski definition) is 3. The lowest BCUT2D eigenvalue weighted by Gasteiger charge is -2.16. The predicted octanol–water partition coefficient (Wildman–Crippen LogP) is 4.05. The van der Waals surface area contributed by atoms with Crippen molar-refractivity contribution in [2.45, 2.75) is 59.8 Å². The Morgan fingerprint density at radius 1 is 1.27 bits per heavy atom. The number of ether oxygens (including phenoxy) is 1. The molecule has 0 amide bonds. The molecule has 1 aromatic carbocycles. The number of hydrogen-bond donors (Lipinski definition) is 1. The van der Waals surface area contributed by atoms with Gasteiger partial charge in [0.15, 0.2) is 0 Å². The summed E-state index contributed by atoms with van der Waals surface area (Å²) in [7, 11) is 1.88. The van der Waals surface area contributed by atoms with Gasteiger partial charge >= 0.3 is 0 Å². The molecule has 3 nitrogen and oxygen atoms in total. The van der Waals surface area contributed by atoms with Crippen molar-refractivity contribution in [3.05, 3.63) is 28.8 Å². The Morgan fingerprint density at radius 2 is 2.00 bits per heavy atom. The average molecular weight is 305 g/mol. The van der Waals surface area contributed by atoms with Gasteiger partial charge < -0.3 is 4.74 Å². The van der Waals surface area contributed by atoms with Gasteiger partial charge in [0.2, 0.25) is 0 Å². The van der Waals surface area contributed by atoms with Gasteiger partial charge in [-0.3, -0.25) is 10.1 Å². The number of benzene rings is 1. The highest BCUT2D eigenvalue weighted by Gasteiger charge is 2.11. The molecule has 0 saturated heterocycles. The van der Waals surface area contributed by atoms with Crippen LogP contribution in [0.25, 0.3) is 0 Å². The summed E-state index contributed by atoms with van der Waals surface area (Å²) in [5.74, 6) is 1.52. The second-order valence-electron chi connectivity index (χ2n) is 6.22. The van der Waals surface area contributed by atoms with E-state index in [-0.39, 0.29) is 5.92 Å². The number of unbranched alkanes of at least 4 members (excludes halogenated alkanes) is 1. The van der Waals surface area contributed by atoms with Crippen LogP contribution < -0.4 is 10.1 Å². The monoisotopic (exact) mass is 305 g/mol. The smallest absolute Gasteiger partial charge is 0.139 e. The maximum Gasteiger partial charge on any atom is 0.139 e. The van der Waals surface area contributed by atoms with Crippen LogP contribution in [0, 0.1) is 12.8 Å². The number of aryl methyl sites for hydroxylation is 2. The number of ketones is 1. The van der Waals surface area contributed by atoms with Crippen LogP contribution in [0.15, 0.2) is 12.1 Å². The topological polar surface area (TPSA) is 38.3 Å². The maximum absolute atomic E-state index is 11.7. The third-order valence-corrected chi connectivity index (χ3v) is 3.93. The van der Waals surface area contributed by atoms with Crippen LogP contribution in [0.4, 0.5) is 0 Å². The summed E-state index contributed by atoms with van der Waals surface area (Å²) < 4.78 is 5.81. The molecule has 0 unspecified atom stereocenters. The molecule has 0 bridgehead atoms. The quantitative estimate of drug-likeness (QED) is 0.523. The van der Waals surface area contributed by atoms with Crippen LogP contribution in [0.5, 0.6) is 5.75 Å². The Hall–Kier alpha value is -1.35. The fourth-order valence-corrected chi connectivity index (χ4v) is 2.66. The van der Waals surface area contributed by atoms with E-state index in [4.69, 9.17) is 4.74 Å². The molecule has 3 heteroatoms. The van der Waals surface area contributed by atoms with E-state index in [1.807, 2.05) is 20.9 Å². The van der Waals surface area contributed by atoms with Crippen LogP contribution in [-0.4, -0.2) is 19.6 Å². The summed E-state index contributed by atoms with van der Waals surface area (Å²) in [6.07, 6.45) is 4.72. The highest BCUT2D eigenvalue weighted by molar-refractivity contribution is 5.80. The fraction of sp³-hybridized carbons (Fsp3) is 0.632. The van der Waals surface area contributed by atoms with Crippen molar-refractivity contribution >= 4 is 5.78 Å². The lowest BCUT2D eigenvalue weighted by Crippen LogP contribution is -2.15. The van der Waals surface area contributed by atoms with Crippen LogP contribution in [0.2, 0.25) is 0 Å². The Bertz CT molecular complexity index is 481. The molecule has 0 aliphatic heterocycles. The highest BCUT2D eigenvalue weighted by atomic mass is 16.5. The summed E-state index contributed by atoms with van der Waals surface area (Å²) in [5, 5.41) is 3.02. The van der Waals surface area contributed by atoms with Crippen molar-refractivity contribution in [1.29, 1.82) is 0 Å². The fourth-order valence-electron chi connectivity index (χ4n) is 2.66. The van der Waals surface area contributed by atoms with Gasteiger partial charge in [-0.05, 0) is 62.4 Å². The maximum atomic E-state index is 11.7. The van der Waals surface area contributed by atoms with E-state index in [2.05, 4.69) is 31.3 Å². The molecule has 22 heavy (non-hydrogen) atoms. The van der Waals surface area contributed by atoms with E-state index in [0.29, 0.717) is 18.9 Å². The zero-order chi connectivity index (χ0) is 16.5. The molecule has 0 aromatic heterocycles. The van der Waals surface area contributed by atoms with Crippen LogP contribution >= 0.6 is 0 Å². The molecule has 1 rings (SSSR count). The van der Waals surface area contributed by atoms with Crippen molar-refractivity contribution < 1.29 is 9.53 Å². The summed E-state index contributed by atoms with van der Waals surface area (Å²) in [5.41, 5.74) is 3.90. The molecule has 0 heterocycles. The SMILES string of the molecule is CCc1c(CCCCC(=O)C(C)C)cc(C)cc1OCNC. The van der Waals surface area contributed by atoms with Crippen molar-refractivity contribution in [3.63, 3.8) is 0 Å². The third-order valence-electron chi connectivity index (χ3n) is 3.93. The van der Waals surface area contributed by atoms with Crippen molar-refractivity contribution in [1.82, 2.24) is 5.32 Å². The lowest BCUT2D eigenvalue weighted by molar-refractivity contribution is -0.122. The van der Waals surface area contributed by atoms with Gasteiger partial charge in [0, 0.05) is 12.3 Å². The molecular weight excluding hydrogens is 274 g/mol. The van der Waals surface area contributed by atoms with Gasteiger partial charge in [0.05, 0.1) is 0 Å². The summed E-state index contributed by atoms with van der Waals surface area (Å²) >= 11 is 0. The molecule has 1 aromatic rings. The molecule has 0 atom stereocenters. The normalized spacial score (nSPS) is 11.0. The van der Waals surface area contributed by atoms with Crippen LogP contribution in [0.1, 0.15) is 56.7 Å². The minimum Gasteiger partial charge on any atom is -0.478 e. The summed E-state index contributed by atoms with van der Waals surface area (Å²) in [4.78, 5) is 11.7. The summed E-state index contributed by atoms with van der Waals surface area (Å²) in [6.45, 7) is 8.76. The van der Waals surface area contributed by atoms with Crippen molar-refractivity contribution in [2.24, 2.45) is 5.92 Å². The number of carbonyl (C=O) groups excluding carboxylic acids is 1. The van der Waals surface area contributed by atoms with E-state index in [9.17, 15) is 4.79 Å². The van der Waals surface area contributed by atoms with E-state index >= 15 is 0 Å². The number of Topliss-reactive ketones (excluding diaryl/α,β-unsaturated/α-hetero) is 1. The Balaban J connectivity index is 2.68. The summed E-state index contributed by atoms with van der Waals surface area (Å²) in [6, 6.07) is 4.37. The van der Waals surface area contributed by atoms with Crippen molar-refractivity contribution in [2.75, 3.05) is 13.8 Å². The minimum atomic E-state index is 0.159. The molecule has 0 aliphatic rings. The number of nitrogens with one attached hydrogen (secondary N) is 1. The van der Waals surface area contributed by atoms with Crippen molar-refractivity contribution in [3.8, 4) is 5.75 Å². The molecule has 0 fully saturated rings. The second-order valence-corrected chi connectivity index (χ2v) is 6.22. The van der Waals surface area contributed by atoms with Gasteiger partial charge in [-0.1, -0.05) is 26.8 Å². The van der Waals surface area contributed by atoms with Gasteiger partial charge in [0.25, 0.3) is 0 Å². The standard InChI is InChI=1S/C19H31NO2/c1-6-17-16(9-7-8-10-18(21)14(2)3)11-15(4)12-19(17)22-13-20-5/h11-12,14,20H,6-10,13H2,1-5H3. The minimum absolute atomic E-state index is 0.159. The first-order valence-electron chi connectivity index (χ1n) is 8.42. The Labute approximate surface area is 135 Å². The Kier molecular flexibility index (Phi) is 8.18. The van der Waals surface area contributed by atoms with Crippen LogP contribution in [0.3, 0.4) is 0 Å². The van der Waals surface area contributed by atoms with Gasteiger partial charge in [-0.15, -0.1) is 0 Å². The number of carbonyl (C=O) groups is 1. The highest BCUT2D eigenvalue weighted by Crippen LogP contribution is 2.27. The molecule has 0 radical (unpaired) electrons. The first kappa shape index (κ1) is 18.7. The predicted molar refractivity (Wildman–Crippen MR) is 92.5 cm³/mol. The van der Waals surface area contributed by atoms with E-state index < -0.39 is 0 Å². The van der Waals surface area contributed by atoms with Gasteiger partial charge in [-0.25, -0.2) is 0 Å². The largest absolute Gasteiger partial charge is 0.478 e. The zero-order valence-corrected chi connectivity index (χ0v) is 14.8. The molecule has 0 saturated carbocycles. The average Bonchev–Trinajstić information content (AvgIpc) is 2.48. The molecule has 1 N–H and O–H groups in total. The first-order valence-corrected chi connectivity index (χ1v) is 8.42. The van der Waals surface area contributed by atoms with Crippen LogP contribution in [-0.2, 0) is 17.6 Å². The first-order chi connectivity index (χ1) is 10.5. The second kappa shape index (κ2) is 9.62. The van der Waals surface area contributed by atoms with E-state index in [1.165, 1.54) is 16.7 Å². The van der Waals surface area contributed by atoms with Gasteiger partial charge in [0.1, 0.15) is 18.3 Å². The Morgan fingerprint density at radius 3 is 2.59 bits per heavy atom. The zero-order valence-electron chi connectivity index (χ0n) is 14.8.